The van der Waals surface area contributed by atoms with Crippen molar-refractivity contribution < 1.29 is 0 Å². The zero-order chi connectivity index (χ0) is 14.5. The van der Waals surface area contributed by atoms with Crippen LogP contribution in [0.2, 0.25) is 0 Å². The molecule has 0 aliphatic rings. The van der Waals surface area contributed by atoms with Crippen molar-refractivity contribution >= 4 is 17.8 Å². The number of nitrogens with two attached hydrogens (primary N) is 1. The van der Waals surface area contributed by atoms with Gasteiger partial charge >= 0.3 is 0 Å². The summed E-state index contributed by atoms with van der Waals surface area (Å²) >= 11 is 0. The molecule has 0 unspecified atom stereocenters. The molecule has 0 aliphatic carbocycles. The Kier molecular flexibility index (Phi) is 4.31. The number of anilines is 3. The third-order valence-electron chi connectivity index (χ3n) is 2.69. The highest BCUT2D eigenvalue weighted by atomic mass is 15.4. The van der Waals surface area contributed by atoms with Gasteiger partial charge < -0.3 is 10.2 Å². The summed E-state index contributed by atoms with van der Waals surface area (Å²) in [4.78, 5) is 14.4. The highest BCUT2D eigenvalue weighted by molar-refractivity contribution is 5.42. The Morgan fingerprint density at radius 2 is 1.90 bits per heavy atom. The lowest BCUT2D eigenvalue weighted by atomic mass is 10.1. The number of nitrogens with one attached hydrogen (secondary N) is 2. The average molecular weight is 273 g/mol. The van der Waals surface area contributed by atoms with Crippen molar-refractivity contribution in [2.45, 2.75) is 13.5 Å². The predicted molar refractivity (Wildman–Crippen MR) is 80.5 cm³/mol. The Morgan fingerprint density at radius 3 is 2.55 bits per heavy atom. The summed E-state index contributed by atoms with van der Waals surface area (Å²) in [5.41, 5.74) is 4.83. The maximum absolute atomic E-state index is 5.37. The van der Waals surface area contributed by atoms with E-state index in [1.54, 1.807) is 4.90 Å². The summed E-state index contributed by atoms with van der Waals surface area (Å²) in [6, 6.07) is 8.25. The number of nitrogen functional groups attached to an aromatic ring is 1. The largest absolute Gasteiger partial charge is 0.350 e. The number of aromatic nitrogens is 3. The van der Waals surface area contributed by atoms with E-state index < -0.39 is 0 Å². The van der Waals surface area contributed by atoms with Crippen LogP contribution in [0.15, 0.2) is 24.3 Å². The lowest BCUT2D eigenvalue weighted by Gasteiger charge is -2.13. The molecule has 0 saturated carbocycles. The molecule has 20 heavy (non-hydrogen) atoms. The zero-order valence-electron chi connectivity index (χ0n) is 11.9. The van der Waals surface area contributed by atoms with Crippen LogP contribution in [-0.4, -0.2) is 29.0 Å². The van der Waals surface area contributed by atoms with Gasteiger partial charge in [0.05, 0.1) is 0 Å². The van der Waals surface area contributed by atoms with Crippen LogP contribution >= 0.6 is 0 Å². The van der Waals surface area contributed by atoms with Crippen molar-refractivity contribution in [2.75, 3.05) is 29.7 Å². The number of benzene rings is 1. The fourth-order valence-corrected chi connectivity index (χ4v) is 1.71. The van der Waals surface area contributed by atoms with E-state index in [1.807, 2.05) is 20.2 Å². The molecule has 2 rings (SSSR count). The third-order valence-corrected chi connectivity index (χ3v) is 2.69. The first-order valence-corrected chi connectivity index (χ1v) is 6.28. The number of hydrazine groups is 1. The van der Waals surface area contributed by atoms with Gasteiger partial charge in [-0.2, -0.15) is 15.0 Å². The Hall–Kier alpha value is -2.41. The Labute approximate surface area is 118 Å². The van der Waals surface area contributed by atoms with Gasteiger partial charge in [-0.05, 0) is 12.5 Å². The monoisotopic (exact) mass is 273 g/mol. The summed E-state index contributed by atoms with van der Waals surface area (Å²) in [5, 5.41) is 3.17. The van der Waals surface area contributed by atoms with Gasteiger partial charge in [0.1, 0.15) is 0 Å². The molecule has 0 saturated heterocycles. The van der Waals surface area contributed by atoms with Crippen LogP contribution in [0.4, 0.5) is 17.8 Å². The normalized spacial score (nSPS) is 10.2. The van der Waals surface area contributed by atoms with E-state index in [1.165, 1.54) is 11.1 Å². The molecule has 0 spiro atoms. The SMILES string of the molecule is Cc1cccc(CNc2nc(NN)nc(N(C)C)n2)c1. The number of hydrogen-bond donors (Lipinski definition) is 3. The first kappa shape index (κ1) is 14.0. The smallest absolute Gasteiger partial charge is 0.243 e. The number of rotatable bonds is 5. The first-order chi connectivity index (χ1) is 9.58. The lowest BCUT2D eigenvalue weighted by Crippen LogP contribution is -2.19. The van der Waals surface area contributed by atoms with E-state index >= 15 is 0 Å². The molecule has 2 aromatic rings. The quantitative estimate of drug-likeness (QED) is 0.556. The van der Waals surface area contributed by atoms with Gasteiger partial charge in [-0.25, -0.2) is 5.84 Å². The first-order valence-electron chi connectivity index (χ1n) is 6.28. The van der Waals surface area contributed by atoms with Gasteiger partial charge in [-0.1, -0.05) is 29.8 Å². The van der Waals surface area contributed by atoms with E-state index in [0.29, 0.717) is 24.4 Å². The van der Waals surface area contributed by atoms with Gasteiger partial charge in [-0.15, -0.1) is 0 Å². The van der Waals surface area contributed by atoms with Crippen LogP contribution in [0.1, 0.15) is 11.1 Å². The molecule has 1 aromatic heterocycles. The van der Waals surface area contributed by atoms with Crippen LogP contribution in [0.5, 0.6) is 0 Å². The van der Waals surface area contributed by atoms with Gasteiger partial charge in [0, 0.05) is 20.6 Å². The zero-order valence-corrected chi connectivity index (χ0v) is 11.9. The molecule has 0 aliphatic heterocycles. The second-order valence-corrected chi connectivity index (χ2v) is 4.66. The molecule has 4 N–H and O–H groups in total. The van der Waals surface area contributed by atoms with E-state index in [4.69, 9.17) is 5.84 Å². The molecule has 106 valence electrons. The number of hydrogen-bond acceptors (Lipinski definition) is 7. The minimum Gasteiger partial charge on any atom is -0.350 e. The fraction of sp³-hybridized carbons (Fsp3) is 0.308. The summed E-state index contributed by atoms with van der Waals surface area (Å²) < 4.78 is 0. The van der Waals surface area contributed by atoms with Gasteiger partial charge in [-0.3, -0.25) is 5.43 Å². The van der Waals surface area contributed by atoms with Crippen molar-refractivity contribution in [1.82, 2.24) is 15.0 Å². The second kappa shape index (κ2) is 6.16. The molecule has 0 amide bonds. The lowest BCUT2D eigenvalue weighted by molar-refractivity contribution is 0.939. The van der Waals surface area contributed by atoms with Crippen molar-refractivity contribution in [1.29, 1.82) is 0 Å². The van der Waals surface area contributed by atoms with Gasteiger partial charge in [0.15, 0.2) is 0 Å². The molecule has 1 aromatic carbocycles. The Morgan fingerprint density at radius 1 is 1.15 bits per heavy atom. The van der Waals surface area contributed by atoms with E-state index in [0.717, 1.165) is 0 Å². The van der Waals surface area contributed by atoms with Crippen LogP contribution in [0.3, 0.4) is 0 Å². The minimum atomic E-state index is 0.329. The maximum atomic E-state index is 5.37. The third kappa shape index (κ3) is 3.55. The summed E-state index contributed by atoms with van der Waals surface area (Å²) in [6.07, 6.45) is 0. The highest BCUT2D eigenvalue weighted by Crippen LogP contribution is 2.12. The summed E-state index contributed by atoms with van der Waals surface area (Å²) in [7, 11) is 3.72. The van der Waals surface area contributed by atoms with E-state index in [2.05, 4.69) is 50.8 Å². The molecule has 1 heterocycles. The van der Waals surface area contributed by atoms with Crippen molar-refractivity contribution in [3.63, 3.8) is 0 Å². The number of aryl methyl sites for hydroxylation is 1. The minimum absolute atomic E-state index is 0.329. The summed E-state index contributed by atoms with van der Waals surface area (Å²) in [6.45, 7) is 2.70. The van der Waals surface area contributed by atoms with E-state index in [-0.39, 0.29) is 0 Å². The van der Waals surface area contributed by atoms with Crippen molar-refractivity contribution in [3.8, 4) is 0 Å². The van der Waals surface area contributed by atoms with Gasteiger partial charge in [0.2, 0.25) is 17.8 Å². The molecular formula is C13H19N7. The van der Waals surface area contributed by atoms with Crippen LogP contribution < -0.4 is 21.5 Å². The predicted octanol–water partition coefficient (Wildman–Crippen LogP) is 1.14. The molecule has 0 fully saturated rings. The van der Waals surface area contributed by atoms with Crippen molar-refractivity contribution in [2.24, 2.45) is 5.84 Å². The molecule has 7 nitrogen and oxygen atoms in total. The Bertz CT molecular complexity index is 583. The fourth-order valence-electron chi connectivity index (χ4n) is 1.71. The van der Waals surface area contributed by atoms with Crippen LogP contribution in [-0.2, 0) is 6.54 Å². The van der Waals surface area contributed by atoms with Gasteiger partial charge in [0.25, 0.3) is 0 Å². The van der Waals surface area contributed by atoms with Crippen LogP contribution in [0, 0.1) is 6.92 Å². The average Bonchev–Trinajstić information content (AvgIpc) is 2.45. The second-order valence-electron chi connectivity index (χ2n) is 4.66. The molecule has 7 heteroatoms. The van der Waals surface area contributed by atoms with E-state index in [9.17, 15) is 0 Å². The van der Waals surface area contributed by atoms with Crippen LogP contribution in [0.25, 0.3) is 0 Å². The van der Waals surface area contributed by atoms with Crippen molar-refractivity contribution in [3.05, 3.63) is 35.4 Å². The molecule has 0 bridgehead atoms. The molecule has 0 radical (unpaired) electrons. The maximum Gasteiger partial charge on any atom is 0.243 e. The molecular weight excluding hydrogens is 254 g/mol. The Balaban J connectivity index is 2.14. The number of nitrogens with zero attached hydrogens (tertiary/aromatic N) is 4. The standard InChI is InChI=1S/C13H19N7/c1-9-5-4-6-10(7-9)8-15-11-16-12(19-14)18-13(17-11)20(2)3/h4-7H,8,14H2,1-3H3,(H2,15,16,17,18,19). The molecule has 0 atom stereocenters. The highest BCUT2D eigenvalue weighted by Gasteiger charge is 2.07. The topological polar surface area (TPSA) is 92.0 Å². The summed E-state index contributed by atoms with van der Waals surface area (Å²) in [5.74, 6) is 6.72.